The Morgan fingerprint density at radius 2 is 1.81 bits per heavy atom. The fourth-order valence-electron chi connectivity index (χ4n) is 4.32. The van der Waals surface area contributed by atoms with Gasteiger partial charge >= 0.3 is 6.03 Å². The van der Waals surface area contributed by atoms with Gasteiger partial charge in [-0.05, 0) is 25.1 Å². The Bertz CT molecular complexity index is 1560. The number of urea groups is 1. The van der Waals surface area contributed by atoms with Gasteiger partial charge in [0.05, 0.1) is 24.6 Å². The average molecular weight is 578 g/mol. The number of hydrogen-bond donors (Lipinski definition) is 2. The van der Waals surface area contributed by atoms with Gasteiger partial charge in [0.2, 0.25) is 11.8 Å². The van der Waals surface area contributed by atoms with Gasteiger partial charge in [0.1, 0.15) is 11.6 Å². The van der Waals surface area contributed by atoms with E-state index in [0.717, 1.165) is 29.1 Å². The molecule has 1 aliphatic rings. The van der Waals surface area contributed by atoms with E-state index >= 15 is 0 Å². The number of halogens is 2. The number of aromatic nitrogens is 4. The number of anilines is 2. The van der Waals surface area contributed by atoms with Gasteiger partial charge in [-0.3, -0.25) is 5.32 Å². The third-order valence-corrected chi connectivity index (χ3v) is 6.64. The lowest BCUT2D eigenvalue weighted by molar-refractivity contribution is 0.122. The van der Waals surface area contributed by atoms with E-state index in [4.69, 9.17) is 14.6 Å². The summed E-state index contributed by atoms with van der Waals surface area (Å²) in [7, 11) is 0. The lowest BCUT2D eigenvalue weighted by Gasteiger charge is -2.26. The number of carbonyl (C=O) groups excluding carboxylic acids is 1. The molecule has 42 heavy (non-hydrogen) atoms. The molecule has 0 atom stereocenters. The summed E-state index contributed by atoms with van der Waals surface area (Å²) in [5.74, 6) is -1.04. The maximum atomic E-state index is 14.9. The van der Waals surface area contributed by atoms with Crippen molar-refractivity contribution in [2.45, 2.75) is 39.7 Å². The standard InChI is InChI=1S/C30H33F2N7O3/c1-19-5-7-22(8-6-19)39-25(17-24(37-39)30(2,3)4)35-29(40)34-18-20-15-21(31)16-23(32)27(20)42-26-9-10-33-28(36-26)38-11-13-41-14-12-38/h5-10,15-17H,11-14,18H2,1-4H3,(H2,34,35,40). The van der Waals surface area contributed by atoms with E-state index in [1.807, 2.05) is 56.9 Å². The van der Waals surface area contributed by atoms with Crippen LogP contribution in [0.15, 0.2) is 54.7 Å². The van der Waals surface area contributed by atoms with Crippen LogP contribution in [-0.4, -0.2) is 52.1 Å². The van der Waals surface area contributed by atoms with E-state index in [1.54, 1.807) is 10.7 Å². The van der Waals surface area contributed by atoms with Gasteiger partial charge in [-0.15, -0.1) is 0 Å². The van der Waals surface area contributed by atoms with E-state index < -0.39 is 17.7 Å². The van der Waals surface area contributed by atoms with Crippen molar-refractivity contribution in [2.24, 2.45) is 0 Å². The molecule has 2 aromatic carbocycles. The molecular formula is C30H33F2N7O3. The first-order valence-electron chi connectivity index (χ1n) is 13.6. The number of ether oxygens (including phenoxy) is 2. The number of morpholine rings is 1. The van der Waals surface area contributed by atoms with E-state index in [2.05, 4.69) is 20.6 Å². The molecule has 0 aliphatic carbocycles. The number of nitrogens with one attached hydrogen (secondary N) is 2. The second-order valence-electron chi connectivity index (χ2n) is 11.0. The van der Waals surface area contributed by atoms with Crippen LogP contribution in [0.4, 0.5) is 25.3 Å². The topological polar surface area (TPSA) is 106 Å². The molecule has 0 saturated carbocycles. The molecule has 2 aromatic heterocycles. The van der Waals surface area contributed by atoms with E-state index in [1.165, 1.54) is 12.3 Å². The maximum Gasteiger partial charge on any atom is 0.320 e. The summed E-state index contributed by atoms with van der Waals surface area (Å²) in [4.78, 5) is 23.6. The lowest BCUT2D eigenvalue weighted by atomic mass is 9.92. The largest absolute Gasteiger partial charge is 0.435 e. The predicted octanol–water partition coefficient (Wildman–Crippen LogP) is 5.50. The number of carbonyl (C=O) groups is 1. The molecule has 10 nitrogen and oxygen atoms in total. The highest BCUT2D eigenvalue weighted by atomic mass is 19.1. The highest BCUT2D eigenvalue weighted by Gasteiger charge is 2.22. The van der Waals surface area contributed by atoms with Crippen molar-refractivity contribution in [1.82, 2.24) is 25.1 Å². The summed E-state index contributed by atoms with van der Waals surface area (Å²) in [6.45, 7) is 10.2. The molecule has 1 aliphatic heterocycles. The lowest BCUT2D eigenvalue weighted by Crippen LogP contribution is -2.37. The minimum absolute atomic E-state index is 0.0828. The molecule has 5 rings (SSSR count). The molecule has 12 heteroatoms. The van der Waals surface area contributed by atoms with Gasteiger partial charge in [-0.2, -0.15) is 10.1 Å². The first-order chi connectivity index (χ1) is 20.1. The number of hydrogen-bond acceptors (Lipinski definition) is 7. The van der Waals surface area contributed by atoms with Gasteiger partial charge < -0.3 is 19.7 Å². The van der Waals surface area contributed by atoms with Gasteiger partial charge in [0.25, 0.3) is 0 Å². The highest BCUT2D eigenvalue weighted by molar-refractivity contribution is 5.88. The predicted molar refractivity (Wildman–Crippen MR) is 154 cm³/mol. The van der Waals surface area contributed by atoms with Crippen LogP contribution in [0.1, 0.15) is 37.6 Å². The van der Waals surface area contributed by atoms with Crippen LogP contribution in [0, 0.1) is 18.6 Å². The third-order valence-electron chi connectivity index (χ3n) is 6.64. The minimum Gasteiger partial charge on any atom is -0.435 e. The van der Waals surface area contributed by atoms with Gasteiger partial charge in [0, 0.05) is 55.0 Å². The van der Waals surface area contributed by atoms with Crippen molar-refractivity contribution in [3.05, 3.63) is 83.2 Å². The number of rotatable bonds is 7. The van der Waals surface area contributed by atoms with Gasteiger partial charge in [-0.25, -0.2) is 23.2 Å². The number of nitrogens with zero attached hydrogens (tertiary/aromatic N) is 5. The zero-order chi connectivity index (χ0) is 29.9. The van der Waals surface area contributed by atoms with Crippen molar-refractivity contribution < 1.29 is 23.0 Å². The molecule has 0 unspecified atom stereocenters. The van der Waals surface area contributed by atoms with Crippen molar-refractivity contribution in [1.29, 1.82) is 0 Å². The first-order valence-corrected chi connectivity index (χ1v) is 13.6. The Kier molecular flexibility index (Phi) is 8.34. The number of benzene rings is 2. The van der Waals surface area contributed by atoms with Gasteiger partial charge in [-0.1, -0.05) is 38.5 Å². The zero-order valence-corrected chi connectivity index (χ0v) is 23.9. The molecule has 220 valence electrons. The van der Waals surface area contributed by atoms with Crippen molar-refractivity contribution in [2.75, 3.05) is 36.5 Å². The summed E-state index contributed by atoms with van der Waals surface area (Å²) < 4.78 is 41.9. The summed E-state index contributed by atoms with van der Waals surface area (Å²) in [6, 6.07) is 12.3. The zero-order valence-electron chi connectivity index (χ0n) is 23.9. The van der Waals surface area contributed by atoms with Crippen LogP contribution in [0.5, 0.6) is 11.6 Å². The third kappa shape index (κ3) is 6.82. The van der Waals surface area contributed by atoms with Crippen molar-refractivity contribution in [3.8, 4) is 17.3 Å². The molecule has 0 radical (unpaired) electrons. The summed E-state index contributed by atoms with van der Waals surface area (Å²) in [5.41, 5.74) is 2.47. The smallest absolute Gasteiger partial charge is 0.320 e. The van der Waals surface area contributed by atoms with Crippen LogP contribution in [0.25, 0.3) is 5.69 Å². The Morgan fingerprint density at radius 1 is 1.07 bits per heavy atom. The Labute approximate surface area is 242 Å². The van der Waals surface area contributed by atoms with Crippen LogP contribution < -0.4 is 20.3 Å². The molecule has 0 bridgehead atoms. The Morgan fingerprint density at radius 3 is 2.52 bits per heavy atom. The molecule has 0 spiro atoms. The molecule has 4 aromatic rings. The van der Waals surface area contributed by atoms with Crippen molar-refractivity contribution in [3.63, 3.8) is 0 Å². The van der Waals surface area contributed by atoms with Crippen LogP contribution in [0.3, 0.4) is 0 Å². The average Bonchev–Trinajstić information content (AvgIpc) is 3.39. The van der Waals surface area contributed by atoms with Crippen LogP contribution >= 0.6 is 0 Å². The number of amides is 2. The SMILES string of the molecule is Cc1ccc(-n2nc(C(C)(C)C)cc2NC(=O)NCc2cc(F)cc(F)c2Oc2ccnc(N3CCOCC3)n2)cc1. The van der Waals surface area contributed by atoms with Crippen molar-refractivity contribution >= 4 is 17.8 Å². The molecule has 3 heterocycles. The minimum atomic E-state index is -0.925. The quantitative estimate of drug-likeness (QED) is 0.299. The summed E-state index contributed by atoms with van der Waals surface area (Å²) in [5, 5.41) is 10.2. The first kappa shape index (κ1) is 28.9. The fourth-order valence-corrected chi connectivity index (χ4v) is 4.32. The number of aryl methyl sites for hydroxylation is 1. The summed E-state index contributed by atoms with van der Waals surface area (Å²) >= 11 is 0. The van der Waals surface area contributed by atoms with Crippen LogP contribution in [0.2, 0.25) is 0 Å². The second-order valence-corrected chi connectivity index (χ2v) is 11.0. The fraction of sp³-hybridized carbons (Fsp3) is 0.333. The Balaban J connectivity index is 1.33. The molecule has 2 amide bonds. The normalized spacial score (nSPS) is 13.6. The summed E-state index contributed by atoms with van der Waals surface area (Å²) in [6.07, 6.45) is 1.50. The molecule has 2 N–H and O–H groups in total. The molecule has 1 fully saturated rings. The monoisotopic (exact) mass is 577 g/mol. The van der Waals surface area contributed by atoms with Gasteiger partial charge in [0.15, 0.2) is 11.6 Å². The second kappa shape index (κ2) is 12.1. The molecular weight excluding hydrogens is 544 g/mol. The van der Waals surface area contributed by atoms with E-state index in [-0.39, 0.29) is 29.2 Å². The van der Waals surface area contributed by atoms with E-state index in [9.17, 15) is 13.6 Å². The van der Waals surface area contributed by atoms with Crippen LogP contribution in [-0.2, 0) is 16.7 Å². The van der Waals surface area contributed by atoms with E-state index in [0.29, 0.717) is 38.1 Å². The highest BCUT2D eigenvalue weighted by Crippen LogP contribution is 2.30. The Hall–Kier alpha value is -4.58. The molecule has 1 saturated heterocycles. The maximum absolute atomic E-state index is 14.9.